The Bertz CT molecular complexity index is 572. The van der Waals surface area contributed by atoms with Crippen molar-refractivity contribution in [3.63, 3.8) is 0 Å². The molecular formula is C16H19N3O. The number of carbonyl (C=O) groups excluding carboxylic acids is 1. The average Bonchev–Trinajstić information content (AvgIpc) is 3.26. The van der Waals surface area contributed by atoms with Crippen molar-refractivity contribution in [1.29, 1.82) is 5.26 Å². The zero-order valence-electron chi connectivity index (χ0n) is 11.7. The third kappa shape index (κ3) is 2.54. The van der Waals surface area contributed by atoms with Crippen molar-refractivity contribution < 1.29 is 4.79 Å². The summed E-state index contributed by atoms with van der Waals surface area (Å²) >= 11 is 0. The average molecular weight is 269 g/mol. The summed E-state index contributed by atoms with van der Waals surface area (Å²) in [4.78, 5) is 14.5. The van der Waals surface area contributed by atoms with Gasteiger partial charge in [0, 0.05) is 18.3 Å². The molecule has 1 amide bonds. The lowest BCUT2D eigenvalue weighted by Crippen LogP contribution is -2.51. The van der Waals surface area contributed by atoms with Gasteiger partial charge >= 0.3 is 0 Å². The van der Waals surface area contributed by atoms with E-state index < -0.39 is 0 Å². The number of rotatable bonds is 3. The molecule has 1 heterocycles. The van der Waals surface area contributed by atoms with Gasteiger partial charge in [0.15, 0.2) is 0 Å². The Morgan fingerprint density at radius 1 is 1.35 bits per heavy atom. The first kappa shape index (κ1) is 13.1. The van der Waals surface area contributed by atoms with Crippen LogP contribution in [0, 0.1) is 18.3 Å². The first-order chi connectivity index (χ1) is 9.69. The molecule has 4 heteroatoms. The van der Waals surface area contributed by atoms with Crippen LogP contribution in [0.5, 0.6) is 0 Å². The SMILES string of the molecule is Cc1ccc(C#N)cc1N1CCCC(NC2CC2)C1=O. The maximum atomic E-state index is 12.6. The number of nitrogens with zero attached hydrogens (tertiary/aromatic N) is 2. The molecule has 2 fully saturated rings. The van der Waals surface area contributed by atoms with E-state index in [-0.39, 0.29) is 11.9 Å². The molecule has 104 valence electrons. The van der Waals surface area contributed by atoms with Crippen molar-refractivity contribution in [2.24, 2.45) is 0 Å². The van der Waals surface area contributed by atoms with E-state index in [2.05, 4.69) is 11.4 Å². The summed E-state index contributed by atoms with van der Waals surface area (Å²) in [5.74, 6) is 0.154. The predicted octanol–water partition coefficient (Wildman–Crippen LogP) is 2.11. The van der Waals surface area contributed by atoms with Crippen molar-refractivity contribution in [3.05, 3.63) is 29.3 Å². The Kier molecular flexibility index (Phi) is 3.45. The Morgan fingerprint density at radius 2 is 2.15 bits per heavy atom. The molecule has 1 aliphatic carbocycles. The normalized spacial score (nSPS) is 22.7. The summed E-state index contributed by atoms with van der Waals surface area (Å²) in [6.07, 6.45) is 4.30. The smallest absolute Gasteiger partial charge is 0.244 e. The molecule has 0 radical (unpaired) electrons. The largest absolute Gasteiger partial charge is 0.311 e. The van der Waals surface area contributed by atoms with E-state index in [0.717, 1.165) is 30.6 Å². The molecule has 4 nitrogen and oxygen atoms in total. The molecule has 1 aromatic carbocycles. The van der Waals surface area contributed by atoms with Gasteiger partial charge in [-0.1, -0.05) is 6.07 Å². The van der Waals surface area contributed by atoms with E-state index in [1.165, 1.54) is 12.8 Å². The number of piperidine rings is 1. The summed E-state index contributed by atoms with van der Waals surface area (Å²) in [5, 5.41) is 12.5. The second kappa shape index (κ2) is 5.26. The molecule has 1 saturated carbocycles. The number of anilines is 1. The van der Waals surface area contributed by atoms with E-state index in [0.29, 0.717) is 11.6 Å². The lowest BCUT2D eigenvalue weighted by molar-refractivity contribution is -0.121. The van der Waals surface area contributed by atoms with Gasteiger partial charge in [0.25, 0.3) is 0 Å². The Morgan fingerprint density at radius 3 is 2.85 bits per heavy atom. The predicted molar refractivity (Wildman–Crippen MR) is 77.4 cm³/mol. The van der Waals surface area contributed by atoms with Crippen molar-refractivity contribution in [1.82, 2.24) is 5.32 Å². The number of amides is 1. The monoisotopic (exact) mass is 269 g/mol. The van der Waals surface area contributed by atoms with E-state index in [1.54, 1.807) is 6.07 Å². The molecule has 1 saturated heterocycles. The summed E-state index contributed by atoms with van der Waals surface area (Å²) in [7, 11) is 0. The summed E-state index contributed by atoms with van der Waals surface area (Å²) < 4.78 is 0. The third-order valence-electron chi connectivity index (χ3n) is 4.08. The lowest BCUT2D eigenvalue weighted by atomic mass is 10.0. The topological polar surface area (TPSA) is 56.1 Å². The van der Waals surface area contributed by atoms with Crippen LogP contribution in [-0.4, -0.2) is 24.5 Å². The Labute approximate surface area is 119 Å². The number of hydrogen-bond donors (Lipinski definition) is 1. The molecule has 2 aliphatic rings. The molecule has 0 aromatic heterocycles. The van der Waals surface area contributed by atoms with Gasteiger partial charge in [0.05, 0.1) is 17.7 Å². The van der Waals surface area contributed by atoms with Gasteiger partial charge in [0.1, 0.15) is 0 Å². The second-order valence-corrected chi connectivity index (χ2v) is 5.74. The zero-order chi connectivity index (χ0) is 14.1. The molecule has 0 bridgehead atoms. The van der Waals surface area contributed by atoms with Crippen LogP contribution in [0.4, 0.5) is 5.69 Å². The molecule has 1 aliphatic heterocycles. The first-order valence-electron chi connectivity index (χ1n) is 7.27. The highest BCUT2D eigenvalue weighted by Gasteiger charge is 2.34. The van der Waals surface area contributed by atoms with Crippen molar-refractivity contribution in [3.8, 4) is 6.07 Å². The van der Waals surface area contributed by atoms with Crippen molar-refractivity contribution >= 4 is 11.6 Å². The third-order valence-corrected chi connectivity index (χ3v) is 4.08. The van der Waals surface area contributed by atoms with Gasteiger partial charge in [-0.25, -0.2) is 0 Å². The van der Waals surface area contributed by atoms with Crippen LogP contribution >= 0.6 is 0 Å². The van der Waals surface area contributed by atoms with Crippen LogP contribution in [0.2, 0.25) is 0 Å². The highest BCUT2D eigenvalue weighted by Crippen LogP contribution is 2.28. The molecular weight excluding hydrogens is 250 g/mol. The number of nitriles is 1. The number of carbonyl (C=O) groups is 1. The number of nitrogens with one attached hydrogen (secondary N) is 1. The standard InChI is InChI=1S/C16H19N3O/c1-11-4-5-12(10-17)9-15(11)19-8-2-3-14(16(19)20)18-13-6-7-13/h4-5,9,13-14,18H,2-3,6-8H2,1H3. The second-order valence-electron chi connectivity index (χ2n) is 5.74. The minimum Gasteiger partial charge on any atom is -0.311 e. The van der Waals surface area contributed by atoms with Gasteiger partial charge in [-0.05, 0) is 50.3 Å². The minimum atomic E-state index is -0.0543. The molecule has 1 N–H and O–H groups in total. The highest BCUT2D eigenvalue weighted by atomic mass is 16.2. The van der Waals surface area contributed by atoms with Crippen LogP contribution in [0.3, 0.4) is 0 Å². The first-order valence-corrected chi connectivity index (χ1v) is 7.27. The molecule has 0 spiro atoms. The van der Waals surface area contributed by atoms with Crippen LogP contribution < -0.4 is 10.2 Å². The molecule has 1 unspecified atom stereocenters. The Hall–Kier alpha value is -1.86. The van der Waals surface area contributed by atoms with Crippen molar-refractivity contribution in [2.75, 3.05) is 11.4 Å². The lowest BCUT2D eigenvalue weighted by Gasteiger charge is -2.33. The number of aryl methyl sites for hydroxylation is 1. The van der Waals surface area contributed by atoms with E-state index >= 15 is 0 Å². The Balaban J connectivity index is 1.84. The van der Waals surface area contributed by atoms with Gasteiger partial charge in [0.2, 0.25) is 5.91 Å². The number of benzene rings is 1. The molecule has 3 rings (SSSR count). The fraction of sp³-hybridized carbons (Fsp3) is 0.500. The van der Waals surface area contributed by atoms with Crippen LogP contribution in [0.1, 0.15) is 36.8 Å². The van der Waals surface area contributed by atoms with E-state index in [9.17, 15) is 4.79 Å². The van der Waals surface area contributed by atoms with E-state index in [4.69, 9.17) is 5.26 Å². The minimum absolute atomic E-state index is 0.0543. The summed E-state index contributed by atoms with van der Waals surface area (Å²) in [6, 6.07) is 8.17. The molecule has 1 atom stereocenters. The summed E-state index contributed by atoms with van der Waals surface area (Å²) in [6.45, 7) is 2.74. The summed E-state index contributed by atoms with van der Waals surface area (Å²) in [5.41, 5.74) is 2.54. The maximum absolute atomic E-state index is 12.6. The number of hydrogen-bond acceptors (Lipinski definition) is 3. The molecule has 20 heavy (non-hydrogen) atoms. The van der Waals surface area contributed by atoms with Gasteiger partial charge in [-0.2, -0.15) is 5.26 Å². The van der Waals surface area contributed by atoms with E-state index in [1.807, 2.05) is 24.0 Å². The quantitative estimate of drug-likeness (QED) is 0.914. The van der Waals surface area contributed by atoms with Crippen molar-refractivity contribution in [2.45, 2.75) is 44.7 Å². The fourth-order valence-corrected chi connectivity index (χ4v) is 2.77. The van der Waals surface area contributed by atoms with Gasteiger partial charge in [-0.15, -0.1) is 0 Å². The van der Waals surface area contributed by atoms with Crippen LogP contribution in [0.25, 0.3) is 0 Å². The zero-order valence-corrected chi connectivity index (χ0v) is 11.7. The molecule has 1 aromatic rings. The fourth-order valence-electron chi connectivity index (χ4n) is 2.77. The van der Waals surface area contributed by atoms with Gasteiger partial charge < -0.3 is 10.2 Å². The maximum Gasteiger partial charge on any atom is 0.244 e. The van der Waals surface area contributed by atoms with Crippen LogP contribution in [-0.2, 0) is 4.79 Å². The van der Waals surface area contributed by atoms with Gasteiger partial charge in [-0.3, -0.25) is 4.79 Å². The van der Waals surface area contributed by atoms with Crippen LogP contribution in [0.15, 0.2) is 18.2 Å². The highest BCUT2D eigenvalue weighted by molar-refractivity contribution is 5.98.